The molecule has 17 heavy (non-hydrogen) atoms. The highest BCUT2D eigenvalue weighted by Gasteiger charge is 2.06. The van der Waals surface area contributed by atoms with E-state index in [9.17, 15) is 0 Å². The van der Waals surface area contributed by atoms with E-state index in [0.29, 0.717) is 5.96 Å². The highest BCUT2D eigenvalue weighted by molar-refractivity contribution is 5.87. The van der Waals surface area contributed by atoms with E-state index in [2.05, 4.69) is 33.0 Å². The van der Waals surface area contributed by atoms with Crippen LogP contribution < -0.4 is 10.9 Å². The van der Waals surface area contributed by atoms with Gasteiger partial charge in [0.1, 0.15) is 0 Å². The number of hydrogen-bond donors (Lipinski definition) is 2. The number of aliphatic imine (C=N–C) groups is 1. The van der Waals surface area contributed by atoms with Crippen molar-refractivity contribution in [3.63, 3.8) is 0 Å². The van der Waals surface area contributed by atoms with Crippen LogP contribution in [0, 0.1) is 0 Å². The van der Waals surface area contributed by atoms with Gasteiger partial charge in [0.05, 0.1) is 0 Å². The van der Waals surface area contributed by atoms with Crippen LogP contribution in [0.5, 0.6) is 0 Å². The van der Waals surface area contributed by atoms with Gasteiger partial charge < -0.3 is 0 Å². The largest absolute Gasteiger partial charge is 0.254 e. The SMILES string of the molecule is CCC/C=N\NC(=NC)NN=C1CCCCC1. The van der Waals surface area contributed by atoms with Gasteiger partial charge in [-0.05, 0) is 32.1 Å². The maximum atomic E-state index is 4.35. The number of guanidine groups is 1. The van der Waals surface area contributed by atoms with Gasteiger partial charge in [0.15, 0.2) is 0 Å². The van der Waals surface area contributed by atoms with Gasteiger partial charge in [-0.1, -0.05) is 19.8 Å². The molecule has 0 saturated heterocycles. The predicted molar refractivity (Wildman–Crippen MR) is 73.6 cm³/mol. The second-order valence-corrected chi connectivity index (χ2v) is 4.13. The Morgan fingerprint density at radius 3 is 2.65 bits per heavy atom. The summed E-state index contributed by atoms with van der Waals surface area (Å²) in [6.07, 6.45) is 9.94. The van der Waals surface area contributed by atoms with E-state index < -0.39 is 0 Å². The third-order valence-electron chi connectivity index (χ3n) is 2.65. The Bertz CT molecular complexity index is 285. The topological polar surface area (TPSA) is 61.1 Å². The Morgan fingerprint density at radius 1 is 1.24 bits per heavy atom. The molecule has 0 bridgehead atoms. The van der Waals surface area contributed by atoms with E-state index in [1.165, 1.54) is 25.0 Å². The molecule has 0 heterocycles. The summed E-state index contributed by atoms with van der Waals surface area (Å²) < 4.78 is 0. The summed E-state index contributed by atoms with van der Waals surface area (Å²) in [6, 6.07) is 0. The zero-order valence-corrected chi connectivity index (χ0v) is 10.9. The van der Waals surface area contributed by atoms with Crippen molar-refractivity contribution in [2.75, 3.05) is 7.05 Å². The first kappa shape index (κ1) is 13.7. The zero-order chi connectivity index (χ0) is 12.3. The van der Waals surface area contributed by atoms with Crippen LogP contribution >= 0.6 is 0 Å². The van der Waals surface area contributed by atoms with Gasteiger partial charge in [0, 0.05) is 19.0 Å². The molecule has 0 atom stereocenters. The lowest BCUT2D eigenvalue weighted by Gasteiger charge is -2.12. The van der Waals surface area contributed by atoms with Gasteiger partial charge in [-0.3, -0.25) is 4.99 Å². The van der Waals surface area contributed by atoms with E-state index in [1.807, 2.05) is 6.21 Å². The molecule has 0 aliphatic heterocycles. The Balaban J connectivity index is 2.31. The van der Waals surface area contributed by atoms with Crippen LogP contribution in [0.15, 0.2) is 15.2 Å². The summed E-state index contributed by atoms with van der Waals surface area (Å²) in [5, 5.41) is 8.41. The molecule has 0 aromatic heterocycles. The van der Waals surface area contributed by atoms with Crippen LogP contribution in [0.25, 0.3) is 0 Å². The average molecular weight is 237 g/mol. The van der Waals surface area contributed by atoms with Crippen molar-refractivity contribution >= 4 is 17.9 Å². The first-order chi connectivity index (χ1) is 8.36. The minimum atomic E-state index is 0.593. The Hall–Kier alpha value is -1.39. The van der Waals surface area contributed by atoms with Gasteiger partial charge in [-0.25, -0.2) is 10.9 Å². The molecular weight excluding hydrogens is 214 g/mol. The summed E-state index contributed by atoms with van der Waals surface area (Å²) in [5.41, 5.74) is 7.01. The lowest BCUT2D eigenvalue weighted by atomic mass is 9.99. The molecule has 96 valence electrons. The molecule has 0 radical (unpaired) electrons. The Labute approximate surface area is 103 Å². The Kier molecular flexibility index (Phi) is 7.02. The first-order valence-corrected chi connectivity index (χ1v) is 6.42. The second-order valence-electron chi connectivity index (χ2n) is 4.13. The van der Waals surface area contributed by atoms with Crippen LogP contribution in [0.2, 0.25) is 0 Å². The molecule has 0 aromatic rings. The number of hydrazone groups is 2. The smallest absolute Gasteiger partial charge is 0.232 e. The highest BCUT2D eigenvalue weighted by atomic mass is 15.5. The van der Waals surface area contributed by atoms with E-state index in [-0.39, 0.29) is 0 Å². The van der Waals surface area contributed by atoms with E-state index in [0.717, 1.165) is 25.7 Å². The van der Waals surface area contributed by atoms with Crippen molar-refractivity contribution in [2.24, 2.45) is 15.2 Å². The number of unbranched alkanes of at least 4 members (excludes halogenated alkanes) is 1. The zero-order valence-electron chi connectivity index (χ0n) is 10.9. The molecule has 0 spiro atoms. The lowest BCUT2D eigenvalue weighted by molar-refractivity contribution is 0.660. The fourth-order valence-corrected chi connectivity index (χ4v) is 1.63. The van der Waals surface area contributed by atoms with Crippen LogP contribution in [-0.4, -0.2) is 24.9 Å². The standard InChI is InChI=1S/C12H23N5/c1-3-4-10-14-16-12(13-2)17-15-11-8-6-5-7-9-11/h10H,3-9H2,1-2H3,(H2,13,16,17)/b14-10-. The second kappa shape index (κ2) is 8.73. The van der Waals surface area contributed by atoms with Crippen molar-refractivity contribution < 1.29 is 0 Å². The van der Waals surface area contributed by atoms with Crippen molar-refractivity contribution in [1.82, 2.24) is 10.9 Å². The van der Waals surface area contributed by atoms with Crippen molar-refractivity contribution in [2.45, 2.75) is 51.9 Å². The fourth-order valence-electron chi connectivity index (χ4n) is 1.63. The summed E-state index contributed by atoms with van der Waals surface area (Å²) in [4.78, 5) is 4.04. The van der Waals surface area contributed by atoms with Gasteiger partial charge in [-0.2, -0.15) is 10.2 Å². The molecule has 5 heteroatoms. The minimum absolute atomic E-state index is 0.593. The third kappa shape index (κ3) is 6.04. The van der Waals surface area contributed by atoms with Crippen LogP contribution in [0.1, 0.15) is 51.9 Å². The van der Waals surface area contributed by atoms with E-state index in [4.69, 9.17) is 0 Å². The summed E-state index contributed by atoms with van der Waals surface area (Å²) >= 11 is 0. The maximum absolute atomic E-state index is 4.35. The molecule has 0 aromatic carbocycles. The summed E-state index contributed by atoms with van der Waals surface area (Å²) in [6.45, 7) is 2.12. The van der Waals surface area contributed by atoms with Crippen molar-refractivity contribution in [1.29, 1.82) is 0 Å². The molecule has 1 rings (SSSR count). The van der Waals surface area contributed by atoms with E-state index >= 15 is 0 Å². The van der Waals surface area contributed by atoms with Gasteiger partial charge >= 0.3 is 0 Å². The molecule has 1 aliphatic carbocycles. The van der Waals surface area contributed by atoms with Crippen LogP contribution in [-0.2, 0) is 0 Å². The molecule has 5 nitrogen and oxygen atoms in total. The van der Waals surface area contributed by atoms with Gasteiger partial charge in [0.2, 0.25) is 5.96 Å². The average Bonchev–Trinajstić information content (AvgIpc) is 2.39. The molecule has 2 N–H and O–H groups in total. The van der Waals surface area contributed by atoms with Gasteiger partial charge in [-0.15, -0.1) is 0 Å². The van der Waals surface area contributed by atoms with Gasteiger partial charge in [0.25, 0.3) is 0 Å². The van der Waals surface area contributed by atoms with Crippen LogP contribution in [0.4, 0.5) is 0 Å². The van der Waals surface area contributed by atoms with Crippen LogP contribution in [0.3, 0.4) is 0 Å². The first-order valence-electron chi connectivity index (χ1n) is 6.42. The summed E-state index contributed by atoms with van der Waals surface area (Å²) in [5.74, 6) is 0.593. The highest BCUT2D eigenvalue weighted by Crippen LogP contribution is 2.13. The lowest BCUT2D eigenvalue weighted by Crippen LogP contribution is -2.31. The molecule has 0 amide bonds. The molecule has 1 fully saturated rings. The number of rotatable bonds is 4. The molecule has 0 unspecified atom stereocenters. The normalized spacial score (nSPS) is 17.3. The molecular formula is C12H23N5. The minimum Gasteiger partial charge on any atom is -0.254 e. The van der Waals surface area contributed by atoms with E-state index in [1.54, 1.807) is 7.05 Å². The maximum Gasteiger partial charge on any atom is 0.232 e. The number of nitrogens with zero attached hydrogens (tertiary/aromatic N) is 3. The third-order valence-corrected chi connectivity index (χ3v) is 2.65. The van der Waals surface area contributed by atoms with Crippen molar-refractivity contribution in [3.05, 3.63) is 0 Å². The Morgan fingerprint density at radius 2 is 2.00 bits per heavy atom. The molecule has 1 saturated carbocycles. The molecule has 1 aliphatic rings. The monoisotopic (exact) mass is 237 g/mol. The fraction of sp³-hybridized carbons (Fsp3) is 0.750. The van der Waals surface area contributed by atoms with Crippen molar-refractivity contribution in [3.8, 4) is 0 Å². The summed E-state index contributed by atoms with van der Waals surface area (Å²) in [7, 11) is 1.71. The predicted octanol–water partition coefficient (Wildman–Crippen LogP) is 2.26. The number of hydrogen-bond acceptors (Lipinski definition) is 3. The quantitative estimate of drug-likeness (QED) is 0.447. The number of nitrogens with one attached hydrogen (secondary N) is 2.